The van der Waals surface area contributed by atoms with E-state index in [2.05, 4.69) is 10.6 Å². The van der Waals surface area contributed by atoms with Crippen molar-refractivity contribution in [2.24, 2.45) is 17.3 Å². The van der Waals surface area contributed by atoms with E-state index in [9.17, 15) is 24.3 Å². The Kier molecular flexibility index (Phi) is 16.2. The molecule has 0 saturated heterocycles. The zero-order valence-corrected chi connectivity index (χ0v) is 23.1. The van der Waals surface area contributed by atoms with Crippen LogP contribution in [0.4, 0.5) is 0 Å². The standard InChI is InChI=1S/C26H48N2O8/c1-17(2)13-20(27-19(5)6)23(31)35-15-26(7,25(33)34)16-36-24(32)21(14-18(3)4)28-22(30)11-9-8-10-12-29/h17-21,27,29H,8-16H2,1-7H3,(H,28,30)(H,33,34). The minimum Gasteiger partial charge on any atom is -0.481 e. The van der Waals surface area contributed by atoms with Crippen LogP contribution in [0.15, 0.2) is 0 Å². The van der Waals surface area contributed by atoms with Gasteiger partial charge in [0.25, 0.3) is 0 Å². The van der Waals surface area contributed by atoms with Crippen molar-refractivity contribution < 1.29 is 38.9 Å². The van der Waals surface area contributed by atoms with Gasteiger partial charge in [0, 0.05) is 19.1 Å². The van der Waals surface area contributed by atoms with Crippen LogP contribution in [0.5, 0.6) is 0 Å². The van der Waals surface area contributed by atoms with Gasteiger partial charge in [-0.25, -0.2) is 4.79 Å². The van der Waals surface area contributed by atoms with E-state index >= 15 is 0 Å². The average molecular weight is 517 g/mol. The first-order valence-electron chi connectivity index (χ1n) is 12.9. The zero-order chi connectivity index (χ0) is 27.9. The second-order valence-corrected chi connectivity index (χ2v) is 10.9. The zero-order valence-electron chi connectivity index (χ0n) is 23.1. The number of aliphatic hydroxyl groups excluding tert-OH is 1. The van der Waals surface area contributed by atoms with Gasteiger partial charge in [0.15, 0.2) is 0 Å². The fourth-order valence-electron chi connectivity index (χ4n) is 3.46. The van der Waals surface area contributed by atoms with Gasteiger partial charge in [-0.05, 0) is 44.4 Å². The van der Waals surface area contributed by atoms with E-state index in [1.54, 1.807) is 0 Å². The Labute approximate surface area is 215 Å². The largest absolute Gasteiger partial charge is 0.481 e. The first kappa shape index (κ1) is 33.8. The van der Waals surface area contributed by atoms with Crippen molar-refractivity contribution in [2.45, 2.75) is 105 Å². The number of nitrogens with one attached hydrogen (secondary N) is 2. The van der Waals surface area contributed by atoms with Crippen LogP contribution in [0, 0.1) is 17.3 Å². The van der Waals surface area contributed by atoms with Crippen LogP contribution in [0.1, 0.15) is 87.0 Å². The van der Waals surface area contributed by atoms with Crippen molar-refractivity contribution in [1.29, 1.82) is 0 Å². The predicted molar refractivity (Wildman–Crippen MR) is 136 cm³/mol. The molecule has 0 aromatic heterocycles. The van der Waals surface area contributed by atoms with Crippen molar-refractivity contribution in [1.82, 2.24) is 10.6 Å². The van der Waals surface area contributed by atoms with E-state index in [-0.39, 0.29) is 36.8 Å². The number of hydrogen-bond acceptors (Lipinski definition) is 8. The summed E-state index contributed by atoms with van der Waals surface area (Å²) in [6, 6.07) is -1.45. The molecule has 0 rings (SSSR count). The smallest absolute Gasteiger partial charge is 0.328 e. The molecule has 1 amide bonds. The van der Waals surface area contributed by atoms with E-state index in [4.69, 9.17) is 14.6 Å². The lowest BCUT2D eigenvalue weighted by atomic mass is 9.93. The van der Waals surface area contributed by atoms with Crippen LogP contribution in [0.25, 0.3) is 0 Å². The number of rotatable bonds is 19. The van der Waals surface area contributed by atoms with Gasteiger partial charge >= 0.3 is 17.9 Å². The Hall–Kier alpha value is -2.20. The minimum absolute atomic E-state index is 0.0379. The van der Waals surface area contributed by atoms with E-state index in [1.165, 1.54) is 6.92 Å². The maximum Gasteiger partial charge on any atom is 0.328 e. The number of carboxylic acid groups (broad SMARTS) is 1. The van der Waals surface area contributed by atoms with Crippen molar-refractivity contribution in [2.75, 3.05) is 19.8 Å². The van der Waals surface area contributed by atoms with Gasteiger partial charge in [-0.3, -0.25) is 14.4 Å². The van der Waals surface area contributed by atoms with Crippen molar-refractivity contribution in [3.05, 3.63) is 0 Å². The number of esters is 2. The molecule has 0 spiro atoms. The van der Waals surface area contributed by atoms with Gasteiger partial charge in [-0.1, -0.05) is 48.0 Å². The fraction of sp³-hybridized carbons (Fsp3) is 0.846. The monoisotopic (exact) mass is 516 g/mol. The van der Waals surface area contributed by atoms with Gasteiger partial charge < -0.3 is 30.3 Å². The van der Waals surface area contributed by atoms with Crippen molar-refractivity contribution >= 4 is 23.8 Å². The van der Waals surface area contributed by atoms with Gasteiger partial charge in [-0.2, -0.15) is 0 Å². The van der Waals surface area contributed by atoms with Crippen LogP contribution >= 0.6 is 0 Å². The first-order chi connectivity index (χ1) is 16.7. The van der Waals surface area contributed by atoms with Crippen LogP contribution in [0.3, 0.4) is 0 Å². The maximum absolute atomic E-state index is 12.8. The SMILES string of the molecule is CC(C)CC(NC(=O)CCCCCO)C(=O)OCC(C)(COC(=O)C(CC(C)C)NC(C)C)C(=O)O. The number of carbonyl (C=O) groups excluding carboxylic acids is 3. The molecule has 36 heavy (non-hydrogen) atoms. The number of unbranched alkanes of at least 4 members (excludes halogenated alkanes) is 2. The van der Waals surface area contributed by atoms with E-state index in [0.717, 1.165) is 0 Å². The topological polar surface area (TPSA) is 151 Å². The molecule has 0 aliphatic heterocycles. The Morgan fingerprint density at radius 2 is 1.31 bits per heavy atom. The third-order valence-electron chi connectivity index (χ3n) is 5.50. The summed E-state index contributed by atoms with van der Waals surface area (Å²) in [5, 5.41) is 24.4. The molecule has 4 N–H and O–H groups in total. The molecule has 0 heterocycles. The van der Waals surface area contributed by atoms with Crippen molar-refractivity contribution in [3.8, 4) is 0 Å². The highest BCUT2D eigenvalue weighted by molar-refractivity contribution is 5.85. The number of carbonyl (C=O) groups is 4. The van der Waals surface area contributed by atoms with E-state index in [0.29, 0.717) is 32.1 Å². The van der Waals surface area contributed by atoms with Gasteiger partial charge in [0.2, 0.25) is 5.91 Å². The lowest BCUT2D eigenvalue weighted by molar-refractivity contribution is -0.168. The summed E-state index contributed by atoms with van der Waals surface area (Å²) in [5.41, 5.74) is -1.65. The molecule has 0 radical (unpaired) electrons. The summed E-state index contributed by atoms with van der Waals surface area (Å²) in [6.07, 6.45) is 2.97. The van der Waals surface area contributed by atoms with Crippen LogP contribution < -0.4 is 10.6 Å². The number of aliphatic hydroxyl groups is 1. The molecule has 3 unspecified atom stereocenters. The summed E-state index contributed by atoms with van der Waals surface area (Å²) >= 11 is 0. The number of amides is 1. The third kappa shape index (κ3) is 14.4. The van der Waals surface area contributed by atoms with E-state index in [1.807, 2.05) is 41.5 Å². The highest BCUT2D eigenvalue weighted by Crippen LogP contribution is 2.20. The van der Waals surface area contributed by atoms with Gasteiger partial charge in [0.05, 0.1) is 0 Å². The molecule has 0 bridgehead atoms. The van der Waals surface area contributed by atoms with Crippen LogP contribution in [0.2, 0.25) is 0 Å². The Bertz CT molecular complexity index is 685. The maximum atomic E-state index is 12.8. The van der Waals surface area contributed by atoms with Crippen LogP contribution in [-0.4, -0.2) is 72.0 Å². The summed E-state index contributed by atoms with van der Waals surface area (Å²) in [6.45, 7) is 12.0. The Morgan fingerprint density at radius 1 is 0.806 bits per heavy atom. The summed E-state index contributed by atoms with van der Waals surface area (Å²) in [7, 11) is 0. The number of carboxylic acids is 1. The molecule has 0 aliphatic rings. The summed E-state index contributed by atoms with van der Waals surface area (Å²) in [4.78, 5) is 49.7. The average Bonchev–Trinajstić information content (AvgIpc) is 2.76. The molecule has 0 aromatic rings. The number of hydrogen-bond donors (Lipinski definition) is 4. The quantitative estimate of drug-likeness (QED) is 0.150. The second kappa shape index (κ2) is 17.3. The molecular formula is C26H48N2O8. The van der Waals surface area contributed by atoms with Gasteiger partial charge in [-0.15, -0.1) is 0 Å². The molecular weight excluding hydrogens is 468 g/mol. The first-order valence-corrected chi connectivity index (χ1v) is 12.9. The lowest BCUT2D eigenvalue weighted by Gasteiger charge is -2.27. The summed E-state index contributed by atoms with van der Waals surface area (Å²) in [5.74, 6) is -2.56. The predicted octanol–water partition coefficient (Wildman–Crippen LogP) is 2.66. The van der Waals surface area contributed by atoms with Crippen molar-refractivity contribution in [3.63, 3.8) is 0 Å². The molecule has 10 nitrogen and oxygen atoms in total. The minimum atomic E-state index is -1.65. The molecule has 3 atom stereocenters. The van der Waals surface area contributed by atoms with Crippen LogP contribution in [-0.2, 0) is 28.7 Å². The molecule has 10 heteroatoms. The molecule has 0 aliphatic carbocycles. The molecule has 0 saturated carbocycles. The van der Waals surface area contributed by atoms with Gasteiger partial charge in [0.1, 0.15) is 30.7 Å². The summed E-state index contributed by atoms with van der Waals surface area (Å²) < 4.78 is 10.7. The highest BCUT2D eigenvalue weighted by Gasteiger charge is 2.38. The normalized spacial score (nSPS) is 14.9. The molecule has 0 fully saturated rings. The number of ether oxygens (including phenoxy) is 2. The molecule has 0 aromatic carbocycles. The van der Waals surface area contributed by atoms with E-state index < -0.39 is 48.6 Å². The molecule has 210 valence electrons. The Balaban J connectivity index is 5.15. The Morgan fingerprint density at radius 3 is 1.75 bits per heavy atom. The third-order valence-corrected chi connectivity index (χ3v) is 5.50. The second-order valence-electron chi connectivity index (χ2n) is 10.9. The fourth-order valence-corrected chi connectivity index (χ4v) is 3.46. The number of aliphatic carboxylic acids is 1. The lowest BCUT2D eigenvalue weighted by Crippen LogP contribution is -2.47. The highest BCUT2D eigenvalue weighted by atomic mass is 16.6.